The molecule has 3 rings (SSSR count). The van der Waals surface area contributed by atoms with Gasteiger partial charge in [0, 0.05) is 17.7 Å². The molecule has 3 aromatic rings. The van der Waals surface area contributed by atoms with E-state index >= 15 is 0 Å². The minimum absolute atomic E-state index is 0.00834. The van der Waals surface area contributed by atoms with Crippen LogP contribution in [0, 0.1) is 24.4 Å². The summed E-state index contributed by atoms with van der Waals surface area (Å²) in [6.07, 6.45) is -0.268. The van der Waals surface area contributed by atoms with Crippen LogP contribution in [0.1, 0.15) is 25.0 Å². The topological polar surface area (TPSA) is 47.6 Å². The predicted octanol–water partition coefficient (Wildman–Crippen LogP) is 6.02. The first-order valence-electron chi connectivity index (χ1n) is 10.1. The zero-order chi connectivity index (χ0) is 23.3. The van der Waals surface area contributed by atoms with Crippen molar-refractivity contribution in [1.29, 1.82) is 0 Å². The molecule has 4 nitrogen and oxygen atoms in total. The molecule has 168 valence electrons. The molecule has 0 bridgehead atoms. The number of halogens is 3. The van der Waals surface area contributed by atoms with Gasteiger partial charge in [-0.15, -0.1) is 0 Å². The maximum atomic E-state index is 14.4. The summed E-state index contributed by atoms with van der Waals surface area (Å²) in [6.45, 7) is 4.77. The fourth-order valence-corrected chi connectivity index (χ4v) is 3.21. The highest BCUT2D eigenvalue weighted by Gasteiger charge is 2.14. The molecule has 0 aliphatic carbocycles. The lowest BCUT2D eigenvalue weighted by molar-refractivity contribution is -0.149. The van der Waals surface area contributed by atoms with Crippen LogP contribution in [0.4, 0.5) is 18.9 Å². The Hall–Kier alpha value is -3.48. The zero-order valence-corrected chi connectivity index (χ0v) is 18.0. The van der Waals surface area contributed by atoms with E-state index in [1.54, 1.807) is 45.0 Å². The molecule has 0 aliphatic rings. The van der Waals surface area contributed by atoms with E-state index in [0.717, 1.165) is 0 Å². The van der Waals surface area contributed by atoms with Gasteiger partial charge in [0.1, 0.15) is 23.2 Å². The number of esters is 1. The average molecular weight is 443 g/mol. The normalized spacial score (nSPS) is 10.8. The Kier molecular flexibility index (Phi) is 7.41. The van der Waals surface area contributed by atoms with Crippen molar-refractivity contribution >= 4 is 11.7 Å². The standard InChI is InChI=1S/C25H24F3NO3/c1-15(2)32-24(30)14-31-23-10-9-22(28)25(16(23)3)29-13-19-11-18(7-8-21(19)27)17-5-4-6-20(26)12-17/h4-12,15,29H,13-14H2,1-3H3. The first kappa shape index (κ1) is 23.2. The highest BCUT2D eigenvalue weighted by Crippen LogP contribution is 2.30. The van der Waals surface area contributed by atoms with Crippen molar-refractivity contribution in [1.82, 2.24) is 0 Å². The van der Waals surface area contributed by atoms with Crippen LogP contribution in [0.3, 0.4) is 0 Å². The molecule has 0 fully saturated rings. The van der Waals surface area contributed by atoms with Gasteiger partial charge in [-0.3, -0.25) is 0 Å². The van der Waals surface area contributed by atoms with E-state index in [9.17, 15) is 18.0 Å². The molecule has 0 atom stereocenters. The van der Waals surface area contributed by atoms with Gasteiger partial charge in [0.05, 0.1) is 11.8 Å². The Morgan fingerprint density at radius 3 is 2.41 bits per heavy atom. The van der Waals surface area contributed by atoms with E-state index in [1.165, 1.54) is 30.3 Å². The van der Waals surface area contributed by atoms with Crippen molar-refractivity contribution in [2.45, 2.75) is 33.4 Å². The maximum absolute atomic E-state index is 14.4. The number of anilines is 1. The number of carbonyl (C=O) groups is 1. The van der Waals surface area contributed by atoms with Gasteiger partial charge in [-0.25, -0.2) is 18.0 Å². The molecular weight excluding hydrogens is 419 g/mol. The van der Waals surface area contributed by atoms with Gasteiger partial charge in [0.15, 0.2) is 6.61 Å². The zero-order valence-electron chi connectivity index (χ0n) is 18.0. The second kappa shape index (κ2) is 10.2. The Bertz CT molecular complexity index is 1120. The molecule has 0 unspecified atom stereocenters. The van der Waals surface area contributed by atoms with Gasteiger partial charge < -0.3 is 14.8 Å². The second-order valence-electron chi connectivity index (χ2n) is 7.54. The summed E-state index contributed by atoms with van der Waals surface area (Å²) in [5, 5.41) is 2.90. The fourth-order valence-electron chi connectivity index (χ4n) is 3.21. The van der Waals surface area contributed by atoms with Gasteiger partial charge >= 0.3 is 5.97 Å². The van der Waals surface area contributed by atoms with E-state index in [1.807, 2.05) is 0 Å². The second-order valence-corrected chi connectivity index (χ2v) is 7.54. The molecule has 32 heavy (non-hydrogen) atoms. The molecule has 7 heteroatoms. The molecule has 1 N–H and O–H groups in total. The van der Waals surface area contributed by atoms with Crippen LogP contribution in [0.25, 0.3) is 11.1 Å². The number of hydrogen-bond acceptors (Lipinski definition) is 4. The molecule has 0 amide bonds. The minimum Gasteiger partial charge on any atom is -0.482 e. The summed E-state index contributed by atoms with van der Waals surface area (Å²) < 4.78 is 52.8. The third-order valence-electron chi connectivity index (χ3n) is 4.74. The number of nitrogens with one attached hydrogen (secondary N) is 1. The van der Waals surface area contributed by atoms with Gasteiger partial charge in [-0.05, 0) is 68.3 Å². The maximum Gasteiger partial charge on any atom is 0.344 e. The number of hydrogen-bond donors (Lipinski definition) is 1. The third kappa shape index (κ3) is 5.81. The largest absolute Gasteiger partial charge is 0.482 e. The van der Waals surface area contributed by atoms with Gasteiger partial charge in [0.2, 0.25) is 0 Å². The van der Waals surface area contributed by atoms with Crippen LogP contribution >= 0.6 is 0 Å². The molecule has 3 aromatic carbocycles. The first-order valence-corrected chi connectivity index (χ1v) is 10.1. The van der Waals surface area contributed by atoms with E-state index in [2.05, 4.69) is 5.32 Å². The van der Waals surface area contributed by atoms with Crippen LogP contribution < -0.4 is 10.1 Å². The SMILES string of the molecule is Cc1c(OCC(=O)OC(C)C)ccc(F)c1NCc1cc(-c2cccc(F)c2)ccc1F. The Morgan fingerprint density at radius 2 is 1.69 bits per heavy atom. The Morgan fingerprint density at radius 1 is 0.969 bits per heavy atom. The monoisotopic (exact) mass is 443 g/mol. The van der Waals surface area contributed by atoms with E-state index in [0.29, 0.717) is 22.4 Å². The van der Waals surface area contributed by atoms with Crippen LogP contribution in [0.5, 0.6) is 5.75 Å². The summed E-state index contributed by atoms with van der Waals surface area (Å²) in [5.74, 6) is -1.63. The van der Waals surface area contributed by atoms with Crippen LogP contribution in [0.2, 0.25) is 0 Å². The summed E-state index contributed by atoms with van der Waals surface area (Å²) in [4.78, 5) is 11.7. The summed E-state index contributed by atoms with van der Waals surface area (Å²) >= 11 is 0. The molecule has 0 aromatic heterocycles. The minimum atomic E-state index is -0.540. The van der Waals surface area contributed by atoms with Crippen molar-refractivity contribution < 1.29 is 27.4 Å². The van der Waals surface area contributed by atoms with Crippen molar-refractivity contribution in [2.24, 2.45) is 0 Å². The molecule has 0 saturated heterocycles. The average Bonchev–Trinajstić information content (AvgIpc) is 2.73. The quantitative estimate of drug-likeness (QED) is 0.433. The van der Waals surface area contributed by atoms with Crippen LogP contribution in [-0.4, -0.2) is 18.7 Å². The molecule has 0 spiro atoms. The lowest BCUT2D eigenvalue weighted by atomic mass is 10.0. The molecule has 0 radical (unpaired) electrons. The Labute approximate surface area is 185 Å². The summed E-state index contributed by atoms with van der Waals surface area (Å²) in [7, 11) is 0. The van der Waals surface area contributed by atoms with Crippen molar-refractivity contribution in [3.63, 3.8) is 0 Å². The van der Waals surface area contributed by atoms with Crippen LogP contribution in [-0.2, 0) is 16.1 Å². The molecule has 0 heterocycles. The number of rotatable bonds is 8. The van der Waals surface area contributed by atoms with Crippen molar-refractivity contribution in [3.05, 3.63) is 83.2 Å². The van der Waals surface area contributed by atoms with E-state index in [-0.39, 0.29) is 30.5 Å². The highest BCUT2D eigenvalue weighted by molar-refractivity contribution is 5.71. The van der Waals surface area contributed by atoms with Gasteiger partial charge in [-0.1, -0.05) is 18.2 Å². The number of benzene rings is 3. The number of carbonyl (C=O) groups excluding carboxylic acids is 1. The third-order valence-corrected chi connectivity index (χ3v) is 4.74. The van der Waals surface area contributed by atoms with Gasteiger partial charge in [0.25, 0.3) is 0 Å². The Balaban J connectivity index is 1.76. The van der Waals surface area contributed by atoms with Crippen LogP contribution in [0.15, 0.2) is 54.6 Å². The van der Waals surface area contributed by atoms with Gasteiger partial charge in [-0.2, -0.15) is 0 Å². The molecular formula is C25H24F3NO3. The van der Waals surface area contributed by atoms with E-state index in [4.69, 9.17) is 9.47 Å². The summed E-state index contributed by atoms with van der Waals surface area (Å²) in [6, 6.07) is 13.1. The van der Waals surface area contributed by atoms with Crippen molar-refractivity contribution in [3.8, 4) is 16.9 Å². The first-order chi connectivity index (χ1) is 15.2. The molecule has 0 aliphatic heterocycles. The molecule has 0 saturated carbocycles. The lowest BCUT2D eigenvalue weighted by Gasteiger charge is -2.16. The fraction of sp³-hybridized carbons (Fsp3) is 0.240. The highest BCUT2D eigenvalue weighted by atomic mass is 19.1. The lowest BCUT2D eigenvalue weighted by Crippen LogP contribution is -2.19. The number of ether oxygens (including phenoxy) is 2. The van der Waals surface area contributed by atoms with E-state index < -0.39 is 23.4 Å². The van der Waals surface area contributed by atoms with Crippen molar-refractivity contribution in [2.75, 3.05) is 11.9 Å². The predicted molar refractivity (Wildman–Crippen MR) is 117 cm³/mol. The smallest absolute Gasteiger partial charge is 0.344 e. The summed E-state index contributed by atoms with van der Waals surface area (Å²) in [5.41, 5.74) is 2.11.